The van der Waals surface area contributed by atoms with Gasteiger partial charge in [-0.25, -0.2) is 0 Å². The Balaban J connectivity index is 1.38. The first-order chi connectivity index (χ1) is 14.3. The van der Waals surface area contributed by atoms with Gasteiger partial charge in [-0.2, -0.15) is 13.2 Å². The molecular weight excluding hydrogens is 393 g/mol. The Labute approximate surface area is 173 Å². The van der Waals surface area contributed by atoms with Crippen LogP contribution in [0.25, 0.3) is 11.5 Å². The van der Waals surface area contributed by atoms with Crippen molar-refractivity contribution in [3.05, 3.63) is 65.5 Å². The summed E-state index contributed by atoms with van der Waals surface area (Å²) in [5.74, 6) is 1.23. The Bertz CT molecular complexity index is 981. The molecule has 1 aliphatic heterocycles. The number of hydrogen-bond acceptors (Lipinski definition) is 5. The molecule has 1 aromatic heterocycles. The van der Waals surface area contributed by atoms with Crippen LogP contribution in [0.3, 0.4) is 0 Å². The smallest absolute Gasteiger partial charge is 0.416 e. The van der Waals surface area contributed by atoms with Crippen LogP contribution in [-0.4, -0.2) is 42.3 Å². The van der Waals surface area contributed by atoms with Crippen LogP contribution in [0, 0.1) is 0 Å². The number of rotatable bonds is 5. The number of hydrogen-bond donors (Lipinski definition) is 0. The van der Waals surface area contributed by atoms with Gasteiger partial charge in [-0.3, -0.25) is 4.90 Å². The van der Waals surface area contributed by atoms with E-state index in [0.717, 1.165) is 48.5 Å². The zero-order valence-electron chi connectivity index (χ0n) is 16.9. The average molecular weight is 416 g/mol. The van der Waals surface area contributed by atoms with Crippen molar-refractivity contribution in [2.75, 3.05) is 32.1 Å². The molecule has 0 saturated carbocycles. The minimum absolute atomic E-state index is 0.127. The summed E-state index contributed by atoms with van der Waals surface area (Å²) in [6.45, 7) is 2.17. The van der Waals surface area contributed by atoms with E-state index in [2.05, 4.69) is 15.1 Å². The Morgan fingerprint density at radius 2 is 1.73 bits per heavy atom. The van der Waals surface area contributed by atoms with Crippen LogP contribution in [0.15, 0.2) is 52.9 Å². The second-order valence-electron chi connectivity index (χ2n) is 7.80. The number of halogens is 3. The van der Waals surface area contributed by atoms with Gasteiger partial charge in [-0.1, -0.05) is 12.1 Å². The molecule has 3 aromatic rings. The van der Waals surface area contributed by atoms with Gasteiger partial charge in [0.2, 0.25) is 11.8 Å². The molecule has 4 rings (SSSR count). The average Bonchev–Trinajstić information content (AvgIpc) is 3.37. The van der Waals surface area contributed by atoms with E-state index in [1.165, 1.54) is 0 Å². The maximum atomic E-state index is 12.7. The zero-order valence-corrected chi connectivity index (χ0v) is 16.9. The Morgan fingerprint density at radius 3 is 2.37 bits per heavy atom. The maximum Gasteiger partial charge on any atom is 0.416 e. The maximum absolute atomic E-state index is 12.7. The van der Waals surface area contributed by atoms with Crippen molar-refractivity contribution < 1.29 is 17.6 Å². The number of alkyl halides is 3. The van der Waals surface area contributed by atoms with E-state index in [0.29, 0.717) is 18.3 Å². The quantitative estimate of drug-likeness (QED) is 0.597. The van der Waals surface area contributed by atoms with E-state index in [1.54, 1.807) is 12.1 Å². The van der Waals surface area contributed by atoms with Crippen molar-refractivity contribution in [2.24, 2.45) is 0 Å². The number of nitrogens with zero attached hydrogens (tertiary/aromatic N) is 4. The van der Waals surface area contributed by atoms with Crippen molar-refractivity contribution in [1.29, 1.82) is 0 Å². The summed E-state index contributed by atoms with van der Waals surface area (Å²) in [4.78, 5) is 4.22. The first-order valence-electron chi connectivity index (χ1n) is 9.79. The Kier molecular flexibility index (Phi) is 5.51. The van der Waals surface area contributed by atoms with Crippen LogP contribution >= 0.6 is 0 Å². The van der Waals surface area contributed by atoms with Gasteiger partial charge in [-0.15, -0.1) is 10.2 Å². The topological polar surface area (TPSA) is 45.4 Å². The molecule has 0 radical (unpaired) electrons. The van der Waals surface area contributed by atoms with E-state index >= 15 is 0 Å². The van der Waals surface area contributed by atoms with E-state index in [-0.39, 0.29) is 5.92 Å². The highest BCUT2D eigenvalue weighted by atomic mass is 19.4. The highest BCUT2D eigenvalue weighted by molar-refractivity contribution is 5.58. The third kappa shape index (κ3) is 4.48. The molecule has 1 atom stereocenters. The number of anilines is 1. The normalized spacial score (nSPS) is 17.4. The highest BCUT2D eigenvalue weighted by Crippen LogP contribution is 2.31. The first kappa shape index (κ1) is 20.4. The van der Waals surface area contributed by atoms with Crippen LogP contribution in [0.5, 0.6) is 0 Å². The molecule has 1 aliphatic rings. The fourth-order valence-electron chi connectivity index (χ4n) is 3.65. The van der Waals surface area contributed by atoms with Gasteiger partial charge in [-0.05, 0) is 54.9 Å². The van der Waals surface area contributed by atoms with Crippen LogP contribution in [0.1, 0.15) is 29.4 Å². The third-order valence-corrected chi connectivity index (χ3v) is 5.38. The van der Waals surface area contributed by atoms with Gasteiger partial charge < -0.3 is 9.32 Å². The number of aromatic nitrogens is 2. The van der Waals surface area contributed by atoms with Gasteiger partial charge in [0.25, 0.3) is 0 Å². The van der Waals surface area contributed by atoms with Gasteiger partial charge in [0.1, 0.15) is 0 Å². The van der Waals surface area contributed by atoms with E-state index in [1.807, 2.05) is 43.3 Å². The monoisotopic (exact) mass is 416 g/mol. The molecule has 0 amide bonds. The lowest BCUT2D eigenvalue weighted by atomic mass is 10.1. The Morgan fingerprint density at radius 1 is 1.03 bits per heavy atom. The molecule has 1 saturated heterocycles. The molecule has 2 aromatic carbocycles. The molecule has 5 nitrogen and oxygen atoms in total. The minimum atomic E-state index is -4.31. The highest BCUT2D eigenvalue weighted by Gasteiger charge is 2.31. The molecule has 1 unspecified atom stereocenters. The SMILES string of the molecule is CN(C)c1ccc(-c2nnc(C3CCN(Cc4ccc(C(F)(F)F)cc4)C3)o2)cc1. The molecule has 0 spiro atoms. The van der Waals surface area contributed by atoms with Crippen molar-refractivity contribution in [3.63, 3.8) is 0 Å². The lowest BCUT2D eigenvalue weighted by Crippen LogP contribution is -2.20. The summed E-state index contributed by atoms with van der Waals surface area (Å²) in [6.07, 6.45) is -3.43. The van der Waals surface area contributed by atoms with Crippen molar-refractivity contribution in [3.8, 4) is 11.5 Å². The van der Waals surface area contributed by atoms with E-state index < -0.39 is 11.7 Å². The van der Waals surface area contributed by atoms with Gasteiger partial charge >= 0.3 is 6.18 Å². The molecule has 1 fully saturated rings. The Hall–Kier alpha value is -2.87. The van der Waals surface area contributed by atoms with Crippen molar-refractivity contribution >= 4 is 5.69 Å². The summed E-state index contributed by atoms with van der Waals surface area (Å²) in [5.41, 5.74) is 2.20. The molecule has 30 heavy (non-hydrogen) atoms. The second kappa shape index (κ2) is 8.10. The number of likely N-dealkylation sites (tertiary alicyclic amines) is 1. The van der Waals surface area contributed by atoms with Crippen LogP contribution < -0.4 is 4.90 Å². The fraction of sp³-hybridized carbons (Fsp3) is 0.364. The molecular formula is C22H23F3N4O. The van der Waals surface area contributed by atoms with Gasteiger partial charge in [0.15, 0.2) is 0 Å². The van der Waals surface area contributed by atoms with E-state index in [4.69, 9.17) is 4.42 Å². The summed E-state index contributed by atoms with van der Waals surface area (Å²) < 4.78 is 44.0. The van der Waals surface area contributed by atoms with E-state index in [9.17, 15) is 13.2 Å². The van der Waals surface area contributed by atoms with Crippen molar-refractivity contribution in [1.82, 2.24) is 15.1 Å². The summed E-state index contributed by atoms with van der Waals surface area (Å²) in [6, 6.07) is 13.3. The lowest BCUT2D eigenvalue weighted by Gasteiger charge is -2.16. The van der Waals surface area contributed by atoms with Gasteiger partial charge in [0, 0.05) is 38.4 Å². The summed E-state index contributed by atoms with van der Waals surface area (Å²) >= 11 is 0. The standard InChI is InChI=1S/C22H23F3N4O/c1-28(2)19-9-5-16(6-10-19)20-26-27-21(30-20)17-11-12-29(14-17)13-15-3-7-18(8-4-15)22(23,24)25/h3-10,17H,11-14H2,1-2H3. The molecule has 2 heterocycles. The minimum Gasteiger partial charge on any atom is -0.420 e. The number of benzene rings is 2. The molecule has 0 aliphatic carbocycles. The van der Waals surface area contributed by atoms with Crippen LogP contribution in [0.4, 0.5) is 18.9 Å². The molecule has 0 N–H and O–H groups in total. The molecule has 0 bridgehead atoms. The second-order valence-corrected chi connectivity index (χ2v) is 7.80. The molecule has 158 valence electrons. The van der Waals surface area contributed by atoms with Crippen LogP contribution in [0.2, 0.25) is 0 Å². The van der Waals surface area contributed by atoms with Gasteiger partial charge in [0.05, 0.1) is 11.5 Å². The predicted molar refractivity (Wildman–Crippen MR) is 108 cm³/mol. The van der Waals surface area contributed by atoms with Crippen molar-refractivity contribution in [2.45, 2.75) is 25.1 Å². The zero-order chi connectivity index (χ0) is 21.3. The fourth-order valence-corrected chi connectivity index (χ4v) is 3.65. The summed E-state index contributed by atoms with van der Waals surface area (Å²) in [7, 11) is 3.96. The van der Waals surface area contributed by atoms with Crippen LogP contribution in [-0.2, 0) is 12.7 Å². The first-order valence-corrected chi connectivity index (χ1v) is 9.79. The third-order valence-electron chi connectivity index (χ3n) is 5.38. The summed E-state index contributed by atoms with van der Waals surface area (Å²) in [5, 5.41) is 8.43. The lowest BCUT2D eigenvalue weighted by molar-refractivity contribution is -0.137. The predicted octanol–water partition coefficient (Wildman–Crippen LogP) is 4.81. The molecule has 8 heteroatoms. The largest absolute Gasteiger partial charge is 0.420 e.